The molecule has 0 N–H and O–H groups in total. The molecule has 0 unspecified atom stereocenters. The first kappa shape index (κ1) is 22.2. The third kappa shape index (κ3) is 5.18. The second-order valence-corrected chi connectivity index (χ2v) is 10.2. The number of amides is 1. The highest BCUT2D eigenvalue weighted by Crippen LogP contribution is 2.35. The Balaban J connectivity index is 1.97. The zero-order chi connectivity index (χ0) is 21.2. The van der Waals surface area contributed by atoms with E-state index in [2.05, 4.69) is 0 Å². The Hall–Kier alpha value is -1.47. The predicted molar refractivity (Wildman–Crippen MR) is 116 cm³/mol. The van der Waals surface area contributed by atoms with Crippen molar-refractivity contribution in [1.82, 2.24) is 4.90 Å². The molecular formula is C20H20Cl3NO4S. The number of rotatable bonds is 6. The monoisotopic (exact) mass is 475 g/mol. The Labute approximate surface area is 185 Å². The first-order valence-corrected chi connectivity index (χ1v) is 12.0. The number of carbonyl (C=O) groups is 1. The van der Waals surface area contributed by atoms with Crippen molar-refractivity contribution in [2.45, 2.75) is 25.9 Å². The molecule has 3 rings (SSSR count). The molecule has 0 aliphatic carbocycles. The molecule has 9 heteroatoms. The lowest BCUT2D eigenvalue weighted by Crippen LogP contribution is -2.40. The van der Waals surface area contributed by atoms with Gasteiger partial charge in [-0.3, -0.25) is 4.79 Å². The van der Waals surface area contributed by atoms with Crippen molar-refractivity contribution in [2.24, 2.45) is 0 Å². The molecule has 0 spiro atoms. The van der Waals surface area contributed by atoms with Gasteiger partial charge in [0, 0.05) is 23.2 Å². The van der Waals surface area contributed by atoms with Crippen LogP contribution in [0.2, 0.25) is 15.1 Å². The summed E-state index contributed by atoms with van der Waals surface area (Å²) in [6.07, 6.45) is 0.372. The van der Waals surface area contributed by atoms with Crippen LogP contribution in [-0.4, -0.2) is 43.4 Å². The molecule has 1 heterocycles. The van der Waals surface area contributed by atoms with Gasteiger partial charge in [-0.1, -0.05) is 53.0 Å². The molecule has 2 aromatic carbocycles. The second-order valence-electron chi connectivity index (χ2n) is 6.78. The summed E-state index contributed by atoms with van der Waals surface area (Å²) in [5.41, 5.74) is 0.995. The molecule has 5 nitrogen and oxygen atoms in total. The minimum atomic E-state index is -3.19. The quantitative estimate of drug-likeness (QED) is 0.596. The lowest BCUT2D eigenvalue weighted by Gasteiger charge is -2.29. The van der Waals surface area contributed by atoms with Gasteiger partial charge in [0.05, 0.1) is 28.2 Å². The molecule has 29 heavy (non-hydrogen) atoms. The van der Waals surface area contributed by atoms with Gasteiger partial charge in [-0.05, 0) is 37.1 Å². The smallest absolute Gasteiger partial charge is 0.254 e. The van der Waals surface area contributed by atoms with Crippen molar-refractivity contribution in [3.05, 3.63) is 62.6 Å². The summed E-state index contributed by atoms with van der Waals surface area (Å²) in [5, 5.41) is 0.952. The van der Waals surface area contributed by atoms with Crippen LogP contribution in [0.5, 0.6) is 5.75 Å². The molecule has 1 fully saturated rings. The van der Waals surface area contributed by atoms with Crippen LogP contribution in [0.4, 0.5) is 0 Å². The van der Waals surface area contributed by atoms with E-state index in [1.54, 1.807) is 19.1 Å². The minimum Gasteiger partial charge on any atom is -0.491 e. The third-order valence-electron chi connectivity index (χ3n) is 4.74. The van der Waals surface area contributed by atoms with Gasteiger partial charge in [0.15, 0.2) is 15.6 Å². The van der Waals surface area contributed by atoms with Gasteiger partial charge < -0.3 is 9.64 Å². The zero-order valence-electron chi connectivity index (χ0n) is 15.7. The van der Waals surface area contributed by atoms with E-state index in [1.165, 1.54) is 17.0 Å². The molecule has 0 saturated carbocycles. The summed E-state index contributed by atoms with van der Waals surface area (Å²) in [6, 6.07) is 9.69. The maximum absolute atomic E-state index is 13.4. The standard InChI is InChI=1S/C20H20Cl3NO4S/c1-2-28-19-17(22)9-14(10-18(19)23)20(25)24(15-7-8-29(26,27)12-15)11-13-5-3-4-6-16(13)21/h3-6,9-10,15H,2,7-8,11-12H2,1H3/t15-/m1/s1. The molecule has 156 valence electrons. The van der Waals surface area contributed by atoms with E-state index in [0.29, 0.717) is 23.8 Å². The molecule has 1 aliphatic heterocycles. The summed E-state index contributed by atoms with van der Waals surface area (Å²) >= 11 is 18.8. The fourth-order valence-corrected chi connectivity index (χ4v) is 5.85. The van der Waals surface area contributed by atoms with E-state index in [9.17, 15) is 13.2 Å². The molecule has 1 aliphatic rings. The zero-order valence-corrected chi connectivity index (χ0v) is 18.8. The van der Waals surface area contributed by atoms with Gasteiger partial charge in [-0.2, -0.15) is 0 Å². The molecule has 0 radical (unpaired) electrons. The average Bonchev–Trinajstić information content (AvgIpc) is 3.03. The number of sulfone groups is 1. The Kier molecular flexibility index (Phi) is 6.99. The van der Waals surface area contributed by atoms with Gasteiger partial charge in [-0.15, -0.1) is 0 Å². The van der Waals surface area contributed by atoms with Crippen LogP contribution in [0.1, 0.15) is 29.3 Å². The lowest BCUT2D eigenvalue weighted by atomic mass is 10.1. The minimum absolute atomic E-state index is 0.0504. The van der Waals surface area contributed by atoms with Crippen molar-refractivity contribution in [2.75, 3.05) is 18.1 Å². The van der Waals surface area contributed by atoms with E-state index >= 15 is 0 Å². The molecule has 2 aromatic rings. The second kappa shape index (κ2) is 9.13. The van der Waals surface area contributed by atoms with Gasteiger partial charge in [0.2, 0.25) is 0 Å². The topological polar surface area (TPSA) is 63.7 Å². The van der Waals surface area contributed by atoms with Crippen LogP contribution in [-0.2, 0) is 16.4 Å². The summed E-state index contributed by atoms with van der Waals surface area (Å²) in [7, 11) is -3.19. The Morgan fingerprint density at radius 3 is 2.34 bits per heavy atom. The third-order valence-corrected chi connectivity index (χ3v) is 7.42. The van der Waals surface area contributed by atoms with Crippen LogP contribution in [0.25, 0.3) is 0 Å². The highest BCUT2D eigenvalue weighted by molar-refractivity contribution is 7.91. The fraction of sp³-hybridized carbons (Fsp3) is 0.350. The molecular weight excluding hydrogens is 457 g/mol. The van der Waals surface area contributed by atoms with Gasteiger partial charge >= 0.3 is 0 Å². The van der Waals surface area contributed by atoms with Gasteiger partial charge in [0.1, 0.15) is 0 Å². The molecule has 1 atom stereocenters. The SMILES string of the molecule is CCOc1c(Cl)cc(C(=O)N(Cc2ccccc2Cl)[C@@H]2CCS(=O)(=O)C2)cc1Cl. The summed E-state index contributed by atoms with van der Waals surface area (Å²) in [4.78, 5) is 14.9. The molecule has 1 saturated heterocycles. The predicted octanol–water partition coefficient (Wildman–Crippen LogP) is 4.88. The number of hydrogen-bond acceptors (Lipinski definition) is 4. The summed E-state index contributed by atoms with van der Waals surface area (Å²) in [6.45, 7) is 2.37. The van der Waals surface area contributed by atoms with Crippen molar-refractivity contribution >= 4 is 50.5 Å². The fourth-order valence-electron chi connectivity index (χ4n) is 3.33. The first-order chi connectivity index (χ1) is 13.7. The van der Waals surface area contributed by atoms with Crippen molar-refractivity contribution < 1.29 is 17.9 Å². The van der Waals surface area contributed by atoms with Crippen LogP contribution < -0.4 is 4.74 Å². The molecule has 0 aromatic heterocycles. The van der Waals surface area contributed by atoms with Crippen molar-refractivity contribution in [3.63, 3.8) is 0 Å². The number of nitrogens with zero attached hydrogens (tertiary/aromatic N) is 1. The summed E-state index contributed by atoms with van der Waals surface area (Å²) < 4.78 is 29.5. The lowest BCUT2D eigenvalue weighted by molar-refractivity contribution is 0.0681. The maximum Gasteiger partial charge on any atom is 0.254 e. The molecule has 1 amide bonds. The van der Waals surface area contributed by atoms with E-state index in [-0.39, 0.29) is 39.6 Å². The Morgan fingerprint density at radius 2 is 1.79 bits per heavy atom. The van der Waals surface area contributed by atoms with E-state index in [0.717, 1.165) is 5.56 Å². The largest absolute Gasteiger partial charge is 0.491 e. The number of carbonyl (C=O) groups excluding carboxylic acids is 1. The highest BCUT2D eigenvalue weighted by Gasteiger charge is 2.35. The highest BCUT2D eigenvalue weighted by atomic mass is 35.5. The van der Waals surface area contributed by atoms with Crippen LogP contribution in [0.3, 0.4) is 0 Å². The number of benzene rings is 2. The van der Waals surface area contributed by atoms with Crippen LogP contribution >= 0.6 is 34.8 Å². The normalized spacial score (nSPS) is 17.9. The first-order valence-electron chi connectivity index (χ1n) is 9.08. The Bertz CT molecular complexity index is 1000. The average molecular weight is 477 g/mol. The van der Waals surface area contributed by atoms with E-state index in [1.807, 2.05) is 12.1 Å². The number of ether oxygens (including phenoxy) is 1. The number of hydrogen-bond donors (Lipinski definition) is 0. The molecule has 0 bridgehead atoms. The van der Waals surface area contributed by atoms with Gasteiger partial charge in [0.25, 0.3) is 5.91 Å². The van der Waals surface area contributed by atoms with Gasteiger partial charge in [-0.25, -0.2) is 8.42 Å². The number of halogens is 3. The Morgan fingerprint density at radius 1 is 1.14 bits per heavy atom. The summed E-state index contributed by atoms with van der Waals surface area (Å²) in [5.74, 6) is -0.0801. The van der Waals surface area contributed by atoms with E-state index in [4.69, 9.17) is 39.5 Å². The van der Waals surface area contributed by atoms with Crippen molar-refractivity contribution in [1.29, 1.82) is 0 Å². The van der Waals surface area contributed by atoms with Crippen molar-refractivity contribution in [3.8, 4) is 5.75 Å². The van der Waals surface area contributed by atoms with Crippen LogP contribution in [0.15, 0.2) is 36.4 Å². The maximum atomic E-state index is 13.4. The van der Waals surface area contributed by atoms with E-state index < -0.39 is 15.9 Å². The van der Waals surface area contributed by atoms with Crippen LogP contribution in [0, 0.1) is 0 Å².